The van der Waals surface area contributed by atoms with Crippen molar-refractivity contribution in [1.82, 2.24) is 0 Å². The molecule has 0 aromatic heterocycles. The molecule has 0 spiro atoms. The van der Waals surface area contributed by atoms with Crippen LogP contribution in [0.2, 0.25) is 0 Å². The summed E-state index contributed by atoms with van der Waals surface area (Å²) in [4.78, 5) is 0. The molecule has 0 bridgehead atoms. The Labute approximate surface area is 233 Å². The van der Waals surface area contributed by atoms with E-state index in [0.29, 0.717) is 17.4 Å². The van der Waals surface area contributed by atoms with Gasteiger partial charge in [0, 0.05) is 0 Å². The van der Waals surface area contributed by atoms with Crippen molar-refractivity contribution in [3.8, 4) is 0 Å². The van der Waals surface area contributed by atoms with Crippen molar-refractivity contribution in [2.24, 2.45) is 11.8 Å². The molecule has 1 unspecified atom stereocenters. The molecule has 4 rings (SSSR count). The highest BCUT2D eigenvalue weighted by atomic mass is 19.3. The second-order valence-electron chi connectivity index (χ2n) is 11.8. The number of alkyl halides is 3. The van der Waals surface area contributed by atoms with E-state index < -0.39 is 12.3 Å². The monoisotopic (exact) mass is 538 g/mol. The van der Waals surface area contributed by atoms with Gasteiger partial charge in [0.1, 0.15) is 0 Å². The van der Waals surface area contributed by atoms with Crippen LogP contribution in [0.25, 0.3) is 0 Å². The first kappa shape index (κ1) is 29.6. The maximum atomic E-state index is 14.9. The van der Waals surface area contributed by atoms with E-state index in [1.807, 2.05) is 48.6 Å². The van der Waals surface area contributed by atoms with Crippen LogP contribution in [0.3, 0.4) is 0 Å². The Morgan fingerprint density at radius 2 is 1.15 bits per heavy atom. The predicted octanol–water partition coefficient (Wildman–Crippen LogP) is 11.0. The Morgan fingerprint density at radius 3 is 1.59 bits per heavy atom. The van der Waals surface area contributed by atoms with Crippen molar-refractivity contribution < 1.29 is 17.9 Å². The molecule has 0 N–H and O–H groups in total. The predicted molar refractivity (Wildman–Crippen MR) is 155 cm³/mol. The lowest BCUT2D eigenvalue weighted by molar-refractivity contribution is -0.282. The molecule has 39 heavy (non-hydrogen) atoms. The van der Waals surface area contributed by atoms with Crippen molar-refractivity contribution in [3.63, 3.8) is 0 Å². The first-order valence-electron chi connectivity index (χ1n) is 15.0. The molecule has 0 heterocycles. The lowest BCUT2D eigenvalue weighted by atomic mass is 9.77. The van der Waals surface area contributed by atoms with Crippen LogP contribution in [-0.2, 0) is 11.3 Å². The van der Waals surface area contributed by atoms with E-state index in [2.05, 4.69) is 13.2 Å². The van der Waals surface area contributed by atoms with Crippen molar-refractivity contribution in [3.05, 3.63) is 96.1 Å². The third-order valence-electron chi connectivity index (χ3n) is 9.13. The van der Waals surface area contributed by atoms with E-state index in [1.54, 1.807) is 0 Å². The Bertz CT molecular complexity index is 1010. The van der Waals surface area contributed by atoms with E-state index in [4.69, 9.17) is 4.74 Å². The van der Waals surface area contributed by atoms with E-state index in [-0.39, 0.29) is 12.2 Å². The maximum absolute atomic E-state index is 14.9. The topological polar surface area (TPSA) is 9.23 Å². The normalized spacial score (nSPS) is 24.7. The molecule has 4 heteroatoms. The summed E-state index contributed by atoms with van der Waals surface area (Å²) in [6.45, 7) is 7.30. The van der Waals surface area contributed by atoms with Gasteiger partial charge in [0.25, 0.3) is 0 Å². The summed E-state index contributed by atoms with van der Waals surface area (Å²) in [6.07, 6.45) is 11.4. The SMILES string of the molecule is C=CCCC1CCC(c2ccc(COC(F)(F)C(F)c3ccc(C4CCC(CCC=C)CC4)cc3)cc2)CC1. The van der Waals surface area contributed by atoms with Crippen LogP contribution in [0.5, 0.6) is 0 Å². The minimum absolute atomic E-state index is 0.0394. The first-order chi connectivity index (χ1) is 18.9. The highest BCUT2D eigenvalue weighted by Crippen LogP contribution is 2.41. The zero-order chi connectivity index (χ0) is 27.7. The van der Waals surface area contributed by atoms with Crippen LogP contribution in [0, 0.1) is 11.8 Å². The Kier molecular flexibility index (Phi) is 10.9. The van der Waals surface area contributed by atoms with Gasteiger partial charge in [-0.2, -0.15) is 8.78 Å². The Hall–Kier alpha value is -2.33. The third-order valence-corrected chi connectivity index (χ3v) is 9.13. The van der Waals surface area contributed by atoms with Crippen LogP contribution >= 0.6 is 0 Å². The number of rotatable bonds is 13. The molecule has 2 aliphatic carbocycles. The lowest BCUT2D eigenvalue weighted by Gasteiger charge is -2.29. The minimum Gasteiger partial charge on any atom is -0.313 e. The maximum Gasteiger partial charge on any atom is 0.391 e. The number of allylic oxidation sites excluding steroid dienone is 2. The average molecular weight is 539 g/mol. The molecule has 1 nitrogen and oxygen atoms in total. The van der Waals surface area contributed by atoms with E-state index in [0.717, 1.165) is 55.9 Å². The number of halogens is 3. The Morgan fingerprint density at radius 1 is 0.718 bits per heavy atom. The Balaban J connectivity index is 1.25. The van der Waals surface area contributed by atoms with Gasteiger partial charge >= 0.3 is 6.11 Å². The molecule has 2 aromatic rings. The summed E-state index contributed by atoms with van der Waals surface area (Å²) in [7, 11) is 0. The number of hydrogen-bond acceptors (Lipinski definition) is 1. The molecular weight excluding hydrogens is 493 g/mol. The minimum atomic E-state index is -3.90. The fourth-order valence-electron chi connectivity index (χ4n) is 6.55. The van der Waals surface area contributed by atoms with Crippen molar-refractivity contribution in [2.45, 2.75) is 108 Å². The second-order valence-corrected chi connectivity index (χ2v) is 11.8. The van der Waals surface area contributed by atoms with E-state index in [9.17, 15) is 13.2 Å². The van der Waals surface area contributed by atoms with Crippen LogP contribution < -0.4 is 0 Å². The highest BCUT2D eigenvalue weighted by molar-refractivity contribution is 5.28. The van der Waals surface area contributed by atoms with Crippen LogP contribution in [0.4, 0.5) is 13.2 Å². The molecule has 1 atom stereocenters. The van der Waals surface area contributed by atoms with Gasteiger partial charge in [0.2, 0.25) is 6.17 Å². The van der Waals surface area contributed by atoms with Gasteiger partial charge in [0.15, 0.2) is 0 Å². The molecule has 0 aliphatic heterocycles. The lowest BCUT2D eigenvalue weighted by Crippen LogP contribution is -2.27. The van der Waals surface area contributed by atoms with Gasteiger partial charge < -0.3 is 4.74 Å². The molecule has 0 radical (unpaired) electrons. The van der Waals surface area contributed by atoms with Gasteiger partial charge in [-0.25, -0.2) is 4.39 Å². The molecule has 2 aromatic carbocycles. The zero-order valence-corrected chi connectivity index (χ0v) is 23.3. The molecule has 2 saturated carbocycles. The standard InChI is InChI=1S/C35H45F3O/c1-3-5-7-26-9-15-29(16-10-26)31-19-13-28(14-20-31)25-39-35(37,38)34(36)33-23-21-32(22-24-33)30-17-11-27(12-18-30)8-6-4-2/h3-4,13-14,19-24,26-27,29-30,34H,1-2,5-12,15-18,25H2. The van der Waals surface area contributed by atoms with Crippen LogP contribution in [-0.4, -0.2) is 6.11 Å². The first-order valence-corrected chi connectivity index (χ1v) is 15.0. The largest absolute Gasteiger partial charge is 0.391 e. The van der Waals surface area contributed by atoms with E-state index in [1.165, 1.54) is 56.2 Å². The van der Waals surface area contributed by atoms with Crippen molar-refractivity contribution in [2.75, 3.05) is 0 Å². The second kappa shape index (κ2) is 14.3. The molecule has 0 amide bonds. The zero-order valence-electron chi connectivity index (χ0n) is 23.3. The number of ether oxygens (including phenoxy) is 1. The summed E-state index contributed by atoms with van der Waals surface area (Å²) in [5, 5.41) is 0. The van der Waals surface area contributed by atoms with Crippen LogP contribution in [0.1, 0.15) is 117 Å². The van der Waals surface area contributed by atoms with Crippen LogP contribution in [0.15, 0.2) is 73.8 Å². The molecule has 0 saturated heterocycles. The summed E-state index contributed by atoms with van der Waals surface area (Å²) in [5.41, 5.74) is 2.95. The quantitative estimate of drug-likeness (QED) is 0.230. The summed E-state index contributed by atoms with van der Waals surface area (Å²) >= 11 is 0. The summed E-state index contributed by atoms with van der Waals surface area (Å²) in [6, 6.07) is 14.3. The third kappa shape index (κ3) is 8.33. The molecule has 212 valence electrons. The summed E-state index contributed by atoms with van der Waals surface area (Å²) in [5.74, 6) is 2.47. The fourth-order valence-corrected chi connectivity index (χ4v) is 6.55. The summed E-state index contributed by atoms with van der Waals surface area (Å²) < 4.78 is 49.1. The van der Waals surface area contributed by atoms with Crippen molar-refractivity contribution >= 4 is 0 Å². The highest BCUT2D eigenvalue weighted by Gasteiger charge is 2.43. The van der Waals surface area contributed by atoms with Gasteiger partial charge in [0.05, 0.1) is 6.61 Å². The number of benzene rings is 2. The van der Waals surface area contributed by atoms with Gasteiger partial charge in [-0.3, -0.25) is 0 Å². The van der Waals surface area contributed by atoms with Gasteiger partial charge in [-0.15, -0.1) is 13.2 Å². The van der Waals surface area contributed by atoms with Gasteiger partial charge in [-0.05, 0) is 123 Å². The van der Waals surface area contributed by atoms with Gasteiger partial charge in [-0.1, -0.05) is 60.7 Å². The van der Waals surface area contributed by atoms with E-state index >= 15 is 0 Å². The smallest absolute Gasteiger partial charge is 0.313 e. The molecule has 2 fully saturated rings. The fraction of sp³-hybridized carbons (Fsp3) is 0.543. The molecule has 2 aliphatic rings. The molecular formula is C35H45F3O. The average Bonchev–Trinajstić information content (AvgIpc) is 2.98. The van der Waals surface area contributed by atoms with Crippen molar-refractivity contribution in [1.29, 1.82) is 0 Å². The number of hydrogen-bond donors (Lipinski definition) is 0.